The van der Waals surface area contributed by atoms with Crippen LogP contribution in [0.4, 0.5) is 0 Å². The van der Waals surface area contributed by atoms with Crippen molar-refractivity contribution in [2.75, 3.05) is 40.3 Å². The molecule has 5 N–H and O–H groups in total. The van der Waals surface area contributed by atoms with Crippen LogP contribution in [0.3, 0.4) is 0 Å². The molecule has 0 aliphatic carbocycles. The van der Waals surface area contributed by atoms with Crippen LogP contribution >= 0.6 is 0 Å². The van der Waals surface area contributed by atoms with Gasteiger partial charge in [-0.1, -0.05) is 77.6 Å². The van der Waals surface area contributed by atoms with Gasteiger partial charge in [0.25, 0.3) is 0 Å². The van der Waals surface area contributed by atoms with Gasteiger partial charge in [-0.3, -0.25) is 9.69 Å². The Kier molecular flexibility index (Phi) is 18.0. The zero-order chi connectivity index (χ0) is 25.1. The first-order chi connectivity index (χ1) is 15.8. The molecule has 0 unspecified atom stereocenters. The number of nitrogens with zero attached hydrogens (tertiary/aromatic N) is 2. The molecule has 0 radical (unpaired) electrons. The summed E-state index contributed by atoms with van der Waals surface area (Å²) in [6.07, 6.45) is 8.61. The summed E-state index contributed by atoms with van der Waals surface area (Å²) < 4.78 is 7.54. The molecule has 0 rings (SSSR count). The lowest BCUT2D eigenvalue weighted by molar-refractivity contribution is -0.138. The fraction of sp³-hybridized carbons (Fsp3) is 0.958. The minimum Gasteiger partial charge on any atom is -0.394 e. The van der Waals surface area contributed by atoms with Crippen LogP contribution < -0.4 is 0 Å². The first-order valence-electron chi connectivity index (χ1n) is 13.1. The van der Waals surface area contributed by atoms with Crippen LogP contribution in [0, 0.1) is 0 Å². The van der Waals surface area contributed by atoms with Crippen LogP contribution in [0.2, 0.25) is 0 Å². The predicted molar refractivity (Wildman–Crippen MR) is 127 cm³/mol. The Morgan fingerprint density at radius 1 is 0.812 bits per heavy atom. The van der Waals surface area contributed by atoms with Gasteiger partial charge in [0.05, 0.1) is 13.2 Å². The van der Waals surface area contributed by atoms with E-state index >= 15 is 0 Å². The van der Waals surface area contributed by atoms with Gasteiger partial charge < -0.3 is 30.4 Å². The standard InChI is InChI=1S/C24H50N2O6/c1-4-5-6-7-8-9-10-11-12-13-14-15-16-25(2)18-22(30)26(3)17-20(28)23(31)24(32)21(29)19-27/h20-21,23-24,27-29,31-32H,4-19H2,1-3H3/t20-,21+,23+,24+/m0/s1/i3D. The zero-order valence-corrected chi connectivity index (χ0v) is 20.4. The number of carbonyl (C=O) groups is 1. The third kappa shape index (κ3) is 15.1. The molecule has 8 nitrogen and oxygen atoms in total. The van der Waals surface area contributed by atoms with E-state index in [9.17, 15) is 25.2 Å². The zero-order valence-electron chi connectivity index (χ0n) is 21.4. The van der Waals surface area contributed by atoms with E-state index in [2.05, 4.69) is 6.92 Å². The topological polar surface area (TPSA) is 125 Å². The highest BCUT2D eigenvalue weighted by atomic mass is 16.4. The Hall–Kier alpha value is -0.770. The molecule has 192 valence electrons. The molecule has 0 heterocycles. The van der Waals surface area contributed by atoms with Crippen LogP contribution in [0.25, 0.3) is 0 Å². The molecule has 0 aromatic heterocycles. The maximum absolute atomic E-state index is 12.4. The van der Waals surface area contributed by atoms with Crippen molar-refractivity contribution >= 4 is 5.91 Å². The lowest BCUT2D eigenvalue weighted by Crippen LogP contribution is -2.50. The molecule has 1 amide bonds. The van der Waals surface area contributed by atoms with Gasteiger partial charge in [0.15, 0.2) is 0 Å². The fourth-order valence-corrected chi connectivity index (χ4v) is 3.63. The summed E-state index contributed by atoms with van der Waals surface area (Å²) >= 11 is 0. The highest BCUT2D eigenvalue weighted by molar-refractivity contribution is 5.78. The van der Waals surface area contributed by atoms with E-state index in [0.29, 0.717) is 0 Å². The van der Waals surface area contributed by atoms with Gasteiger partial charge in [0, 0.05) is 14.9 Å². The van der Waals surface area contributed by atoms with Crippen molar-refractivity contribution in [2.24, 2.45) is 0 Å². The van der Waals surface area contributed by atoms with Crippen molar-refractivity contribution < 1.29 is 31.7 Å². The monoisotopic (exact) mass is 463 g/mol. The summed E-state index contributed by atoms with van der Waals surface area (Å²) in [5.41, 5.74) is 0. The van der Waals surface area contributed by atoms with Crippen LogP contribution in [0.5, 0.6) is 0 Å². The predicted octanol–water partition coefficient (Wildman–Crippen LogP) is 1.51. The molecule has 0 saturated heterocycles. The van der Waals surface area contributed by atoms with Crippen LogP contribution in [-0.2, 0) is 4.79 Å². The first kappa shape index (κ1) is 29.3. The lowest BCUT2D eigenvalue weighted by atomic mass is 10.0. The summed E-state index contributed by atoms with van der Waals surface area (Å²) in [7, 11) is 1.44. The third-order valence-corrected chi connectivity index (χ3v) is 5.88. The van der Waals surface area contributed by atoms with E-state index < -0.39 is 38.0 Å². The van der Waals surface area contributed by atoms with Gasteiger partial charge in [-0.2, -0.15) is 0 Å². The number of carbonyl (C=O) groups excluding carboxylic acids is 1. The summed E-state index contributed by atoms with van der Waals surface area (Å²) in [5, 5.41) is 47.8. The van der Waals surface area contributed by atoms with Gasteiger partial charge in [0.2, 0.25) is 5.91 Å². The molecule has 4 atom stereocenters. The molecule has 32 heavy (non-hydrogen) atoms. The Morgan fingerprint density at radius 3 is 1.75 bits per heavy atom. The number of aliphatic hydroxyl groups excluding tert-OH is 5. The number of amides is 1. The van der Waals surface area contributed by atoms with Gasteiger partial charge in [-0.25, -0.2) is 0 Å². The first-order valence-corrected chi connectivity index (χ1v) is 12.4. The maximum atomic E-state index is 12.4. The van der Waals surface area contributed by atoms with E-state index in [0.717, 1.165) is 24.3 Å². The van der Waals surface area contributed by atoms with Gasteiger partial charge >= 0.3 is 0 Å². The van der Waals surface area contributed by atoms with Gasteiger partial charge in [-0.05, 0) is 20.0 Å². The van der Waals surface area contributed by atoms with E-state index in [1.54, 1.807) is 0 Å². The van der Waals surface area contributed by atoms with E-state index in [1.807, 2.05) is 11.9 Å². The molecule has 8 heteroatoms. The second-order valence-corrected chi connectivity index (χ2v) is 9.04. The molecule has 0 aromatic rings. The molecular formula is C24H50N2O6. The number of rotatable bonds is 21. The second kappa shape index (κ2) is 19.7. The van der Waals surface area contributed by atoms with E-state index in [1.165, 1.54) is 64.2 Å². The second-order valence-electron chi connectivity index (χ2n) is 9.04. The molecule has 0 bridgehead atoms. The number of unbranched alkanes of at least 4 members (excludes halogenated alkanes) is 11. The average Bonchev–Trinajstić information content (AvgIpc) is 2.81. The lowest BCUT2D eigenvalue weighted by Gasteiger charge is -2.29. The normalized spacial score (nSPS) is 15.9. The number of hydrogen-bond acceptors (Lipinski definition) is 7. The highest BCUT2D eigenvalue weighted by Crippen LogP contribution is 2.12. The van der Waals surface area contributed by atoms with Crippen molar-refractivity contribution in [3.8, 4) is 0 Å². The fourth-order valence-electron chi connectivity index (χ4n) is 3.63. The van der Waals surface area contributed by atoms with Crippen LogP contribution in [-0.4, -0.2) is 106 Å². The number of hydrogen-bond donors (Lipinski definition) is 5. The van der Waals surface area contributed by atoms with Crippen molar-refractivity contribution in [1.29, 1.82) is 0 Å². The summed E-state index contributed by atoms with van der Waals surface area (Å²) in [4.78, 5) is 15.4. The Morgan fingerprint density at radius 2 is 1.28 bits per heavy atom. The van der Waals surface area contributed by atoms with Crippen LogP contribution in [0.15, 0.2) is 0 Å². The van der Waals surface area contributed by atoms with Gasteiger partial charge in [0.1, 0.15) is 24.4 Å². The smallest absolute Gasteiger partial charge is 0.236 e. The molecule has 0 aliphatic heterocycles. The third-order valence-electron chi connectivity index (χ3n) is 5.88. The summed E-state index contributed by atoms with van der Waals surface area (Å²) in [6.45, 7) is 1.99. The SMILES string of the molecule is [2H]CN(C[C@H](O)[C@@H](O)[C@H](O)[C@H](O)CO)C(=O)CN(C)CCCCCCCCCCCCCC. The Balaban J connectivity index is 3.98. The molecule has 0 aliphatic rings. The van der Waals surface area contributed by atoms with E-state index in [4.69, 9.17) is 6.48 Å². The Labute approximate surface area is 196 Å². The molecule has 0 aromatic carbocycles. The molecule has 0 fully saturated rings. The average molecular weight is 464 g/mol. The summed E-state index contributed by atoms with van der Waals surface area (Å²) in [6, 6.07) is 0. The summed E-state index contributed by atoms with van der Waals surface area (Å²) in [5.74, 6) is -0.352. The van der Waals surface area contributed by atoms with Crippen molar-refractivity contribution in [2.45, 2.75) is 108 Å². The molecule has 0 spiro atoms. The Bertz CT molecular complexity index is 474. The highest BCUT2D eigenvalue weighted by Gasteiger charge is 2.31. The van der Waals surface area contributed by atoms with Crippen molar-refractivity contribution in [1.82, 2.24) is 9.80 Å². The van der Waals surface area contributed by atoms with Crippen molar-refractivity contribution in [3.05, 3.63) is 0 Å². The minimum atomic E-state index is -1.75. The van der Waals surface area contributed by atoms with Crippen LogP contribution in [0.1, 0.15) is 85.3 Å². The molecule has 0 saturated carbocycles. The van der Waals surface area contributed by atoms with E-state index in [-0.39, 0.29) is 19.0 Å². The number of aliphatic hydroxyl groups is 5. The number of likely N-dealkylation sites (N-methyl/N-ethyl adjacent to an activating group) is 2. The maximum Gasteiger partial charge on any atom is 0.236 e. The van der Waals surface area contributed by atoms with Crippen molar-refractivity contribution in [3.63, 3.8) is 0 Å². The molecular weight excluding hydrogens is 412 g/mol. The minimum absolute atomic E-state index is 0.0988. The van der Waals surface area contributed by atoms with Gasteiger partial charge in [-0.15, -0.1) is 0 Å². The largest absolute Gasteiger partial charge is 0.394 e. The quantitative estimate of drug-likeness (QED) is 0.163.